The zero-order valence-corrected chi connectivity index (χ0v) is 12.3. The Kier molecular flexibility index (Phi) is 3.98. The average molecular weight is 363 g/mol. The van der Waals surface area contributed by atoms with Gasteiger partial charge in [-0.1, -0.05) is 27.5 Å². The molecule has 2 aromatic carbocycles. The molecule has 0 spiro atoms. The highest BCUT2D eigenvalue weighted by Crippen LogP contribution is 2.27. The average Bonchev–Trinajstić information content (AvgIpc) is 2.44. The van der Waals surface area contributed by atoms with Gasteiger partial charge in [-0.3, -0.25) is 4.79 Å². The number of carbonyl (C=O) groups excluding carboxylic acids is 1. The summed E-state index contributed by atoms with van der Waals surface area (Å²) in [5, 5.41) is 0.176. The molecule has 104 valence electrons. The largest absolute Gasteiger partial charge is 0.491 e. The maximum atomic E-state index is 13.7. The number of methoxy groups -OCH3 is 1. The maximum absolute atomic E-state index is 13.7. The van der Waals surface area contributed by atoms with Crippen molar-refractivity contribution >= 4 is 33.3 Å². The zero-order chi connectivity index (χ0) is 15.6. The number of carbonyl (C=O) groups is 1. The van der Waals surface area contributed by atoms with Crippen molar-refractivity contribution in [2.45, 2.75) is 0 Å². The monoisotopic (exact) mass is 361 g/mol. The molecule has 0 unspecified atom stereocenters. The summed E-state index contributed by atoms with van der Waals surface area (Å²) in [6.45, 7) is 0. The molecule has 20 heavy (non-hydrogen) atoms. The third kappa shape index (κ3) is 2.83. The predicted octanol–water partition coefficient (Wildman–Crippen LogP) is 4.62. The molecule has 0 fully saturated rings. The summed E-state index contributed by atoms with van der Waals surface area (Å²) in [6.07, 6.45) is 0. The Hall–Kier alpha value is -1.46. The predicted molar refractivity (Wildman–Crippen MR) is 75.5 cm³/mol. The van der Waals surface area contributed by atoms with Crippen molar-refractivity contribution in [3.8, 4) is 5.75 Å². The Morgan fingerprint density at radius 3 is 2.55 bits per heavy atom. The summed E-state index contributed by atoms with van der Waals surface area (Å²) in [4.78, 5) is 12.3. The molecule has 0 amide bonds. The number of ketones is 1. The first kappa shape index (κ1) is 13.5. The molecule has 0 aliphatic rings. The van der Waals surface area contributed by atoms with Gasteiger partial charge in [-0.05, 0) is 30.3 Å². The van der Waals surface area contributed by atoms with Crippen LogP contribution in [0.15, 0.2) is 34.8 Å². The van der Waals surface area contributed by atoms with Gasteiger partial charge in [0, 0.05) is 15.6 Å². The standard InChI is InChI=1S/C14H8BrClF2O2/c1-20-14-11(17)4-7(5-12(14)18)13(19)9-6-8(15)2-3-10(9)16/h2-6H,1H3/i1D. The fourth-order valence-corrected chi connectivity index (χ4v) is 2.22. The number of benzene rings is 2. The van der Waals surface area contributed by atoms with Gasteiger partial charge in [-0.15, -0.1) is 0 Å². The molecule has 0 bridgehead atoms. The van der Waals surface area contributed by atoms with Crippen molar-refractivity contribution < 1.29 is 19.7 Å². The lowest BCUT2D eigenvalue weighted by Gasteiger charge is -2.08. The van der Waals surface area contributed by atoms with E-state index in [1.54, 1.807) is 6.07 Å². The third-order valence-electron chi connectivity index (χ3n) is 2.58. The van der Waals surface area contributed by atoms with Crippen molar-refractivity contribution in [1.82, 2.24) is 0 Å². The fraction of sp³-hybridized carbons (Fsp3) is 0.0714. The van der Waals surface area contributed by atoms with E-state index < -0.39 is 30.3 Å². The summed E-state index contributed by atoms with van der Waals surface area (Å²) >= 11 is 9.12. The third-order valence-corrected chi connectivity index (χ3v) is 3.40. The number of rotatable bonds is 3. The number of ether oxygens (including phenoxy) is 1. The van der Waals surface area contributed by atoms with Crippen LogP contribution < -0.4 is 4.74 Å². The van der Waals surface area contributed by atoms with Crippen LogP contribution >= 0.6 is 27.5 Å². The van der Waals surface area contributed by atoms with E-state index in [9.17, 15) is 13.6 Å². The second kappa shape index (κ2) is 5.89. The van der Waals surface area contributed by atoms with Gasteiger partial charge in [0.25, 0.3) is 0 Å². The number of halogens is 4. The first-order valence-electron chi connectivity index (χ1n) is 6.05. The molecule has 0 radical (unpaired) electrons. The minimum atomic E-state index is -1.04. The van der Waals surface area contributed by atoms with Crippen molar-refractivity contribution in [2.24, 2.45) is 0 Å². The van der Waals surface area contributed by atoms with Gasteiger partial charge < -0.3 is 4.74 Å². The summed E-state index contributed by atoms with van der Waals surface area (Å²) in [5.41, 5.74) is -0.0682. The lowest BCUT2D eigenvalue weighted by molar-refractivity contribution is 0.103. The minimum absolute atomic E-state index is 0.124. The molecule has 0 aromatic heterocycles. The van der Waals surface area contributed by atoms with E-state index in [1.165, 1.54) is 12.1 Å². The molecule has 0 saturated heterocycles. The molecule has 0 aliphatic carbocycles. The fourth-order valence-electron chi connectivity index (χ4n) is 1.66. The first-order valence-corrected chi connectivity index (χ1v) is 6.52. The molecule has 0 N–H and O–H groups in total. The molecule has 0 heterocycles. The van der Waals surface area contributed by atoms with Crippen LogP contribution in [0.5, 0.6) is 5.75 Å². The molecule has 2 nitrogen and oxygen atoms in total. The summed E-state index contributed by atoms with van der Waals surface area (Å²) in [5.74, 6) is -3.38. The van der Waals surface area contributed by atoms with Crippen LogP contribution in [0.3, 0.4) is 0 Å². The second-order valence-corrected chi connectivity index (χ2v) is 5.19. The molecule has 0 atom stereocenters. The number of hydrogen-bond acceptors (Lipinski definition) is 2. The van der Waals surface area contributed by atoms with Gasteiger partial charge >= 0.3 is 0 Å². The zero-order valence-electron chi connectivity index (χ0n) is 10.9. The molecule has 2 rings (SSSR count). The molecule has 6 heteroatoms. The topological polar surface area (TPSA) is 26.3 Å². The first-order chi connectivity index (χ1) is 9.93. The van der Waals surface area contributed by atoms with E-state index in [4.69, 9.17) is 13.0 Å². The minimum Gasteiger partial charge on any atom is -0.491 e. The lowest BCUT2D eigenvalue weighted by atomic mass is 10.0. The van der Waals surface area contributed by atoms with Gasteiger partial charge in [-0.25, -0.2) is 8.78 Å². The summed E-state index contributed by atoms with van der Waals surface area (Å²) in [6, 6.07) is 6.32. The van der Waals surface area contributed by atoms with Crippen molar-refractivity contribution in [3.05, 3.63) is 62.6 Å². The van der Waals surface area contributed by atoms with Crippen LogP contribution in [-0.4, -0.2) is 12.9 Å². The quantitative estimate of drug-likeness (QED) is 0.745. The van der Waals surface area contributed by atoms with E-state index >= 15 is 0 Å². The Balaban J connectivity index is 2.47. The Bertz CT molecular complexity index is 686. The Labute approximate surface area is 128 Å². The van der Waals surface area contributed by atoms with Crippen LogP contribution in [0, 0.1) is 11.6 Å². The van der Waals surface area contributed by atoms with Crippen LogP contribution in [0.1, 0.15) is 17.3 Å². The second-order valence-electron chi connectivity index (χ2n) is 3.87. The van der Waals surface area contributed by atoms with Crippen molar-refractivity contribution in [1.29, 1.82) is 0 Å². The summed E-state index contributed by atoms with van der Waals surface area (Å²) in [7, 11) is -0.626. The normalized spacial score (nSPS) is 11.1. The van der Waals surface area contributed by atoms with Crippen LogP contribution in [0.25, 0.3) is 0 Å². The van der Waals surface area contributed by atoms with E-state index in [1.807, 2.05) is 0 Å². The van der Waals surface area contributed by atoms with E-state index in [0.29, 0.717) is 4.47 Å². The van der Waals surface area contributed by atoms with Crippen LogP contribution in [0.4, 0.5) is 8.78 Å². The molecular formula is C14H8BrClF2O2. The Morgan fingerprint density at radius 1 is 1.30 bits per heavy atom. The van der Waals surface area contributed by atoms with Gasteiger partial charge in [-0.2, -0.15) is 0 Å². The van der Waals surface area contributed by atoms with Gasteiger partial charge in [0.1, 0.15) is 0 Å². The lowest BCUT2D eigenvalue weighted by Crippen LogP contribution is -2.05. The van der Waals surface area contributed by atoms with E-state index in [2.05, 4.69) is 20.7 Å². The van der Waals surface area contributed by atoms with E-state index in [0.717, 1.165) is 12.1 Å². The highest BCUT2D eigenvalue weighted by atomic mass is 79.9. The SMILES string of the molecule is [2H]COc1c(F)cc(C(=O)c2cc(Br)ccc2Cl)cc1F. The van der Waals surface area contributed by atoms with Crippen molar-refractivity contribution in [3.63, 3.8) is 0 Å². The highest BCUT2D eigenvalue weighted by Gasteiger charge is 2.18. The molecule has 0 aliphatic heterocycles. The smallest absolute Gasteiger partial charge is 0.194 e. The van der Waals surface area contributed by atoms with E-state index in [-0.39, 0.29) is 16.1 Å². The molecule has 2 aromatic rings. The van der Waals surface area contributed by atoms with Crippen LogP contribution in [-0.2, 0) is 0 Å². The Morgan fingerprint density at radius 2 is 1.95 bits per heavy atom. The van der Waals surface area contributed by atoms with Gasteiger partial charge in [0.05, 0.1) is 13.5 Å². The highest BCUT2D eigenvalue weighted by molar-refractivity contribution is 9.10. The van der Waals surface area contributed by atoms with Gasteiger partial charge in [0.2, 0.25) is 0 Å². The summed E-state index contributed by atoms with van der Waals surface area (Å²) < 4.78 is 39.4. The van der Waals surface area contributed by atoms with Gasteiger partial charge in [0.15, 0.2) is 23.2 Å². The maximum Gasteiger partial charge on any atom is 0.194 e. The van der Waals surface area contributed by atoms with Crippen molar-refractivity contribution in [2.75, 3.05) is 7.09 Å². The molecule has 0 saturated carbocycles. The van der Waals surface area contributed by atoms with Crippen LogP contribution in [0.2, 0.25) is 5.02 Å². The number of hydrogen-bond donors (Lipinski definition) is 0. The molecular weight excluding hydrogens is 354 g/mol.